The lowest BCUT2D eigenvalue weighted by Gasteiger charge is -2.33. The molecule has 3 nitrogen and oxygen atoms in total. The van der Waals surface area contributed by atoms with Crippen LogP contribution in [0.2, 0.25) is 0 Å². The second kappa shape index (κ2) is 6.78. The van der Waals surface area contributed by atoms with E-state index in [1.54, 1.807) is 15.9 Å². The van der Waals surface area contributed by atoms with E-state index in [1.165, 1.54) is 22.2 Å². The topological polar surface area (TPSA) is 34.9 Å². The number of nitrogens with zero attached hydrogens (tertiary/aromatic N) is 2. The van der Waals surface area contributed by atoms with Crippen molar-refractivity contribution < 1.29 is 0 Å². The summed E-state index contributed by atoms with van der Waals surface area (Å²) in [6, 6.07) is 8.11. The van der Waals surface area contributed by atoms with Crippen LogP contribution in [0.25, 0.3) is 15.9 Å². The van der Waals surface area contributed by atoms with Crippen LogP contribution in [0.1, 0.15) is 43.2 Å². The van der Waals surface area contributed by atoms with Crippen LogP contribution in [0.15, 0.2) is 34.2 Å². The highest BCUT2D eigenvalue weighted by atomic mass is 32.2. The van der Waals surface area contributed by atoms with Gasteiger partial charge in [0.15, 0.2) is 5.16 Å². The lowest BCUT2D eigenvalue weighted by atomic mass is 9.72. The van der Waals surface area contributed by atoms with Crippen molar-refractivity contribution >= 4 is 33.3 Å². The Labute approximate surface area is 168 Å². The molecule has 2 heterocycles. The summed E-state index contributed by atoms with van der Waals surface area (Å²) in [7, 11) is 0. The first kappa shape index (κ1) is 18.8. The average molecular weight is 399 g/mol. The van der Waals surface area contributed by atoms with Gasteiger partial charge in [-0.05, 0) is 67.0 Å². The van der Waals surface area contributed by atoms with Crippen molar-refractivity contribution in [1.29, 1.82) is 0 Å². The number of hydrogen-bond donors (Lipinski definition) is 0. The van der Waals surface area contributed by atoms with E-state index in [4.69, 9.17) is 4.98 Å². The summed E-state index contributed by atoms with van der Waals surface area (Å²) in [6.07, 6.45) is 5.19. The maximum atomic E-state index is 13.5. The number of aryl methyl sites for hydroxylation is 2. The highest BCUT2D eigenvalue weighted by molar-refractivity contribution is 7.98. The van der Waals surface area contributed by atoms with Gasteiger partial charge < -0.3 is 0 Å². The predicted octanol–water partition coefficient (Wildman–Crippen LogP) is 5.63. The summed E-state index contributed by atoms with van der Waals surface area (Å²) in [4.78, 5) is 20.7. The van der Waals surface area contributed by atoms with E-state index in [0.29, 0.717) is 11.3 Å². The van der Waals surface area contributed by atoms with Gasteiger partial charge in [-0.15, -0.1) is 11.3 Å². The Morgan fingerprint density at radius 1 is 1.30 bits per heavy atom. The number of benzene rings is 1. The molecule has 0 spiro atoms. The van der Waals surface area contributed by atoms with Gasteiger partial charge in [0.2, 0.25) is 0 Å². The van der Waals surface area contributed by atoms with Gasteiger partial charge in [0, 0.05) is 4.88 Å². The number of thiophene rings is 1. The van der Waals surface area contributed by atoms with Crippen molar-refractivity contribution in [1.82, 2.24) is 9.55 Å². The molecule has 3 aromatic rings. The van der Waals surface area contributed by atoms with Crippen LogP contribution >= 0.6 is 23.1 Å². The summed E-state index contributed by atoms with van der Waals surface area (Å²) in [5, 5.41) is 1.62. The van der Waals surface area contributed by atoms with Crippen LogP contribution in [-0.2, 0) is 12.8 Å². The first-order valence-electron chi connectivity index (χ1n) is 9.48. The van der Waals surface area contributed by atoms with Crippen LogP contribution < -0.4 is 5.56 Å². The molecule has 4 rings (SSSR count). The van der Waals surface area contributed by atoms with Gasteiger partial charge in [-0.3, -0.25) is 9.36 Å². The summed E-state index contributed by atoms with van der Waals surface area (Å²) >= 11 is 3.27. The van der Waals surface area contributed by atoms with Crippen molar-refractivity contribution in [3.63, 3.8) is 0 Å². The summed E-state index contributed by atoms with van der Waals surface area (Å²) in [5.41, 5.74) is 3.69. The van der Waals surface area contributed by atoms with Gasteiger partial charge in [0.1, 0.15) is 4.83 Å². The minimum atomic E-state index is 0.0849. The van der Waals surface area contributed by atoms with E-state index < -0.39 is 0 Å². The van der Waals surface area contributed by atoms with Gasteiger partial charge in [-0.1, -0.05) is 44.7 Å². The fraction of sp³-hybridized carbons (Fsp3) is 0.455. The molecule has 142 valence electrons. The zero-order valence-corrected chi connectivity index (χ0v) is 18.3. The van der Waals surface area contributed by atoms with E-state index in [-0.39, 0.29) is 5.56 Å². The van der Waals surface area contributed by atoms with Crippen LogP contribution in [0, 0.1) is 18.3 Å². The zero-order chi connectivity index (χ0) is 19.3. The smallest absolute Gasteiger partial charge is 0.267 e. The SMILES string of the molecule is CSc1nc2sc3c(c2c(=O)n1-c1cccc(C)c1)CC[C@@H](C(C)(C)C)C3. The second-order valence-corrected chi connectivity index (χ2v) is 10.4. The van der Waals surface area contributed by atoms with Gasteiger partial charge in [0.05, 0.1) is 11.1 Å². The third-order valence-corrected chi connectivity index (χ3v) is 7.51. The Hall–Kier alpha value is -1.59. The maximum Gasteiger partial charge on any atom is 0.267 e. The van der Waals surface area contributed by atoms with Crippen molar-refractivity contribution in [2.24, 2.45) is 11.3 Å². The number of aromatic nitrogens is 2. The highest BCUT2D eigenvalue weighted by Crippen LogP contribution is 2.42. The predicted molar refractivity (Wildman–Crippen MR) is 117 cm³/mol. The molecule has 0 N–H and O–H groups in total. The first-order valence-corrected chi connectivity index (χ1v) is 11.5. The van der Waals surface area contributed by atoms with Crippen LogP contribution in [0.5, 0.6) is 0 Å². The molecular weight excluding hydrogens is 372 g/mol. The molecule has 0 amide bonds. The molecule has 0 bridgehead atoms. The van der Waals surface area contributed by atoms with Gasteiger partial charge in [-0.25, -0.2) is 4.98 Å². The molecule has 0 saturated carbocycles. The first-order chi connectivity index (χ1) is 12.8. The Morgan fingerprint density at radius 2 is 2.07 bits per heavy atom. The quantitative estimate of drug-likeness (QED) is 0.414. The highest BCUT2D eigenvalue weighted by Gasteiger charge is 2.32. The lowest BCUT2D eigenvalue weighted by molar-refractivity contribution is 0.218. The summed E-state index contributed by atoms with van der Waals surface area (Å²) < 4.78 is 1.79. The second-order valence-electron chi connectivity index (χ2n) is 8.57. The van der Waals surface area contributed by atoms with E-state index >= 15 is 0 Å². The third kappa shape index (κ3) is 3.25. The molecule has 0 fully saturated rings. The van der Waals surface area contributed by atoms with Crippen LogP contribution in [0.4, 0.5) is 0 Å². The monoisotopic (exact) mass is 398 g/mol. The van der Waals surface area contributed by atoms with Gasteiger partial charge >= 0.3 is 0 Å². The molecule has 5 heteroatoms. The lowest BCUT2D eigenvalue weighted by Crippen LogP contribution is -2.27. The molecule has 1 aliphatic rings. The van der Waals surface area contributed by atoms with Gasteiger partial charge in [0.25, 0.3) is 5.56 Å². The van der Waals surface area contributed by atoms with Crippen LogP contribution in [-0.4, -0.2) is 15.8 Å². The molecule has 1 atom stereocenters. The summed E-state index contributed by atoms with van der Waals surface area (Å²) in [6.45, 7) is 9.03. The fourth-order valence-corrected chi connectivity index (χ4v) is 5.98. The largest absolute Gasteiger partial charge is 0.268 e. The van der Waals surface area contributed by atoms with E-state index in [1.807, 2.05) is 18.4 Å². The number of rotatable bonds is 2. The standard InChI is InChI=1S/C22H26N2OS2/c1-13-7-6-8-15(11-13)24-20(25)18-16-10-9-14(22(2,3)4)12-17(16)27-19(18)23-21(24)26-5/h6-8,11,14H,9-10,12H2,1-5H3/t14-/m1/s1. The van der Waals surface area contributed by atoms with Crippen molar-refractivity contribution in [3.8, 4) is 5.69 Å². The van der Waals surface area contributed by atoms with E-state index in [9.17, 15) is 4.79 Å². The number of hydrogen-bond acceptors (Lipinski definition) is 4. The Balaban J connectivity index is 1.93. The Kier molecular flexibility index (Phi) is 4.71. The number of thioether (sulfide) groups is 1. The van der Waals surface area contributed by atoms with E-state index in [2.05, 4.69) is 39.8 Å². The fourth-order valence-electron chi connectivity index (χ4n) is 4.08. The maximum absolute atomic E-state index is 13.5. The molecule has 1 aliphatic carbocycles. The van der Waals surface area contributed by atoms with Crippen molar-refractivity contribution in [2.45, 2.75) is 52.1 Å². The molecule has 0 saturated heterocycles. The third-order valence-electron chi connectivity index (χ3n) is 5.72. The normalized spacial score (nSPS) is 17.3. The number of fused-ring (bicyclic) bond motifs is 3. The molecular formula is C22H26N2OS2. The molecule has 27 heavy (non-hydrogen) atoms. The van der Waals surface area contributed by atoms with E-state index in [0.717, 1.165) is 45.9 Å². The van der Waals surface area contributed by atoms with Crippen LogP contribution in [0.3, 0.4) is 0 Å². The van der Waals surface area contributed by atoms with Crippen molar-refractivity contribution in [3.05, 3.63) is 50.6 Å². The van der Waals surface area contributed by atoms with Crippen molar-refractivity contribution in [2.75, 3.05) is 6.26 Å². The zero-order valence-electron chi connectivity index (χ0n) is 16.6. The molecule has 2 aromatic heterocycles. The minimum absolute atomic E-state index is 0.0849. The molecule has 1 aromatic carbocycles. The average Bonchev–Trinajstić information content (AvgIpc) is 2.98. The minimum Gasteiger partial charge on any atom is -0.268 e. The molecule has 0 unspecified atom stereocenters. The Bertz CT molecular complexity index is 1070. The molecule has 0 radical (unpaired) electrons. The molecule has 0 aliphatic heterocycles. The summed E-state index contributed by atoms with van der Waals surface area (Å²) in [5.74, 6) is 0.664. The Morgan fingerprint density at radius 3 is 2.74 bits per heavy atom. The van der Waals surface area contributed by atoms with Gasteiger partial charge in [-0.2, -0.15) is 0 Å².